The van der Waals surface area contributed by atoms with E-state index in [2.05, 4.69) is 29.2 Å². The van der Waals surface area contributed by atoms with Gasteiger partial charge in [-0.25, -0.2) is 4.98 Å². The normalized spacial score (nSPS) is 21.0. The molecule has 1 N–H and O–H groups in total. The maximum Gasteiger partial charge on any atom is 0.0797 e. The van der Waals surface area contributed by atoms with Crippen molar-refractivity contribution in [2.75, 3.05) is 33.2 Å². The lowest BCUT2D eigenvalue weighted by molar-refractivity contribution is 0.245. The van der Waals surface area contributed by atoms with Gasteiger partial charge in [-0.05, 0) is 52.2 Å². The minimum Gasteiger partial charge on any atom is -0.316 e. The molecule has 0 aromatic carbocycles. The fourth-order valence-electron chi connectivity index (χ4n) is 2.47. The van der Waals surface area contributed by atoms with Crippen molar-refractivity contribution in [3.05, 3.63) is 16.1 Å². The van der Waals surface area contributed by atoms with Gasteiger partial charge in [0.1, 0.15) is 0 Å². The predicted molar refractivity (Wildman–Crippen MR) is 73.6 cm³/mol. The molecule has 0 aliphatic carbocycles. The zero-order valence-corrected chi connectivity index (χ0v) is 11.7. The molecule has 0 radical (unpaired) electrons. The number of hydrogen-bond donors (Lipinski definition) is 1. The lowest BCUT2D eigenvalue weighted by Gasteiger charge is -2.27. The van der Waals surface area contributed by atoms with E-state index in [4.69, 9.17) is 0 Å². The highest BCUT2D eigenvalue weighted by atomic mass is 32.1. The van der Waals surface area contributed by atoms with E-state index in [-0.39, 0.29) is 0 Å². The zero-order valence-electron chi connectivity index (χ0n) is 10.9. The number of nitrogens with zero attached hydrogens (tertiary/aromatic N) is 2. The van der Waals surface area contributed by atoms with Crippen LogP contribution in [0.25, 0.3) is 0 Å². The second-order valence-electron chi connectivity index (χ2n) is 5.09. The Morgan fingerprint density at radius 1 is 1.59 bits per heavy atom. The summed E-state index contributed by atoms with van der Waals surface area (Å²) in [5.41, 5.74) is 3.16. The number of hydrogen-bond acceptors (Lipinski definition) is 4. The van der Waals surface area contributed by atoms with E-state index in [1.165, 1.54) is 43.0 Å². The van der Waals surface area contributed by atoms with E-state index >= 15 is 0 Å². The molecule has 1 unspecified atom stereocenters. The Labute approximate surface area is 108 Å². The maximum atomic E-state index is 4.30. The molecule has 4 heteroatoms. The van der Waals surface area contributed by atoms with Crippen LogP contribution in [-0.4, -0.2) is 43.1 Å². The Kier molecular flexibility index (Phi) is 4.95. The van der Waals surface area contributed by atoms with Crippen LogP contribution in [-0.2, 0) is 6.42 Å². The molecule has 17 heavy (non-hydrogen) atoms. The highest BCUT2D eigenvalue weighted by Crippen LogP contribution is 2.14. The third kappa shape index (κ3) is 4.05. The average Bonchev–Trinajstić information content (AvgIpc) is 2.74. The fourth-order valence-corrected chi connectivity index (χ4v) is 3.24. The molecule has 1 aliphatic rings. The molecule has 1 aliphatic heterocycles. The monoisotopic (exact) mass is 253 g/mol. The van der Waals surface area contributed by atoms with Gasteiger partial charge in [0.05, 0.1) is 11.2 Å². The summed E-state index contributed by atoms with van der Waals surface area (Å²) < 4.78 is 0. The molecule has 1 aromatic heterocycles. The van der Waals surface area contributed by atoms with Gasteiger partial charge in [-0.15, -0.1) is 11.3 Å². The van der Waals surface area contributed by atoms with Crippen molar-refractivity contribution in [3.63, 3.8) is 0 Å². The van der Waals surface area contributed by atoms with Crippen LogP contribution in [0.1, 0.15) is 23.4 Å². The molecule has 0 bridgehead atoms. The van der Waals surface area contributed by atoms with Crippen molar-refractivity contribution >= 4 is 11.3 Å². The number of thiazole rings is 1. The molecule has 96 valence electrons. The largest absolute Gasteiger partial charge is 0.316 e. The minimum absolute atomic E-state index is 0.844. The minimum atomic E-state index is 0.844. The third-order valence-corrected chi connectivity index (χ3v) is 4.53. The van der Waals surface area contributed by atoms with E-state index in [0.29, 0.717) is 0 Å². The van der Waals surface area contributed by atoms with Crippen molar-refractivity contribution < 1.29 is 0 Å². The van der Waals surface area contributed by atoms with E-state index in [1.807, 2.05) is 5.51 Å². The number of aromatic nitrogens is 1. The molecule has 1 fully saturated rings. The van der Waals surface area contributed by atoms with E-state index in [0.717, 1.165) is 18.9 Å². The van der Waals surface area contributed by atoms with Gasteiger partial charge < -0.3 is 10.2 Å². The standard InChI is InChI=1S/C13H23N3S/c1-11-13(17-10-15-11)5-7-16(2)9-12-4-3-6-14-8-12/h10,12,14H,3-9H2,1-2H3. The van der Waals surface area contributed by atoms with Crippen LogP contribution < -0.4 is 5.32 Å². The second-order valence-corrected chi connectivity index (χ2v) is 6.02. The Morgan fingerprint density at radius 2 is 2.47 bits per heavy atom. The van der Waals surface area contributed by atoms with Gasteiger partial charge in [0.15, 0.2) is 0 Å². The number of likely N-dealkylation sites (N-methyl/N-ethyl adjacent to an activating group) is 1. The quantitative estimate of drug-likeness (QED) is 0.869. The number of piperidine rings is 1. The van der Waals surface area contributed by atoms with Crippen molar-refractivity contribution in [2.24, 2.45) is 5.92 Å². The van der Waals surface area contributed by atoms with Crippen LogP contribution in [0.2, 0.25) is 0 Å². The van der Waals surface area contributed by atoms with Crippen LogP contribution in [0.15, 0.2) is 5.51 Å². The molecular weight excluding hydrogens is 230 g/mol. The van der Waals surface area contributed by atoms with Crippen LogP contribution in [0.5, 0.6) is 0 Å². The summed E-state index contributed by atoms with van der Waals surface area (Å²) in [4.78, 5) is 8.21. The Morgan fingerprint density at radius 3 is 3.12 bits per heavy atom. The SMILES string of the molecule is Cc1ncsc1CCN(C)CC1CCCNC1. The Balaban J connectivity index is 1.70. The van der Waals surface area contributed by atoms with Crippen molar-refractivity contribution in [3.8, 4) is 0 Å². The molecule has 3 nitrogen and oxygen atoms in total. The molecule has 1 atom stereocenters. The summed E-state index contributed by atoms with van der Waals surface area (Å²) in [6.07, 6.45) is 3.87. The summed E-state index contributed by atoms with van der Waals surface area (Å²) in [5.74, 6) is 0.844. The number of aryl methyl sites for hydroxylation is 1. The van der Waals surface area contributed by atoms with Crippen molar-refractivity contribution in [1.82, 2.24) is 15.2 Å². The van der Waals surface area contributed by atoms with Gasteiger partial charge in [-0.2, -0.15) is 0 Å². The van der Waals surface area contributed by atoms with Gasteiger partial charge in [-0.3, -0.25) is 0 Å². The van der Waals surface area contributed by atoms with Gasteiger partial charge in [0, 0.05) is 18.0 Å². The third-order valence-electron chi connectivity index (χ3n) is 3.53. The summed E-state index contributed by atoms with van der Waals surface area (Å²) in [7, 11) is 2.24. The summed E-state index contributed by atoms with van der Waals surface area (Å²) >= 11 is 1.79. The van der Waals surface area contributed by atoms with E-state index in [1.54, 1.807) is 11.3 Å². The number of nitrogens with one attached hydrogen (secondary N) is 1. The van der Waals surface area contributed by atoms with E-state index < -0.39 is 0 Å². The molecule has 1 saturated heterocycles. The van der Waals surface area contributed by atoms with Gasteiger partial charge in [-0.1, -0.05) is 0 Å². The highest BCUT2D eigenvalue weighted by molar-refractivity contribution is 7.09. The summed E-state index contributed by atoms with van der Waals surface area (Å²) in [6.45, 7) is 6.89. The smallest absolute Gasteiger partial charge is 0.0797 e. The first kappa shape index (κ1) is 13.0. The van der Waals surface area contributed by atoms with Gasteiger partial charge >= 0.3 is 0 Å². The lowest BCUT2D eigenvalue weighted by atomic mass is 9.99. The molecule has 0 amide bonds. The highest BCUT2D eigenvalue weighted by Gasteiger charge is 2.15. The predicted octanol–water partition coefficient (Wildman–Crippen LogP) is 1.93. The first-order chi connectivity index (χ1) is 8.25. The second kappa shape index (κ2) is 6.47. The summed E-state index contributed by atoms with van der Waals surface area (Å²) in [6, 6.07) is 0. The molecule has 0 saturated carbocycles. The number of rotatable bonds is 5. The summed E-state index contributed by atoms with van der Waals surface area (Å²) in [5, 5.41) is 3.48. The Bertz CT molecular complexity index is 331. The molecule has 0 spiro atoms. The van der Waals surface area contributed by atoms with Crippen molar-refractivity contribution in [2.45, 2.75) is 26.2 Å². The average molecular weight is 253 g/mol. The molecule has 1 aromatic rings. The molecular formula is C13H23N3S. The topological polar surface area (TPSA) is 28.2 Å². The fraction of sp³-hybridized carbons (Fsp3) is 0.769. The van der Waals surface area contributed by atoms with Crippen LogP contribution in [0, 0.1) is 12.8 Å². The Hall–Kier alpha value is -0.450. The zero-order chi connectivity index (χ0) is 12.1. The van der Waals surface area contributed by atoms with E-state index in [9.17, 15) is 0 Å². The van der Waals surface area contributed by atoms with Gasteiger partial charge in [0.25, 0.3) is 0 Å². The first-order valence-electron chi connectivity index (χ1n) is 6.54. The molecule has 2 rings (SSSR count). The van der Waals surface area contributed by atoms with Crippen LogP contribution in [0.3, 0.4) is 0 Å². The molecule has 2 heterocycles. The van der Waals surface area contributed by atoms with Crippen molar-refractivity contribution in [1.29, 1.82) is 0 Å². The maximum absolute atomic E-state index is 4.30. The van der Waals surface area contributed by atoms with Gasteiger partial charge in [0.2, 0.25) is 0 Å². The van der Waals surface area contributed by atoms with Crippen LogP contribution in [0.4, 0.5) is 0 Å². The first-order valence-corrected chi connectivity index (χ1v) is 7.42. The lowest BCUT2D eigenvalue weighted by Crippen LogP contribution is -2.37. The van der Waals surface area contributed by atoms with Crippen LogP contribution >= 0.6 is 11.3 Å².